The molecular weight excluding hydrogens is 578 g/mol. The van der Waals surface area contributed by atoms with Gasteiger partial charge in [0.2, 0.25) is 11.8 Å². The number of carbonyl (C=O) groups excluding carboxylic acids is 3. The average Bonchev–Trinajstić information content (AvgIpc) is 3.75. The number of para-hydroxylation sites is 1. The monoisotopic (exact) mass is 607 g/mol. The van der Waals surface area contributed by atoms with Gasteiger partial charge >= 0.3 is 0 Å². The van der Waals surface area contributed by atoms with E-state index in [0.717, 1.165) is 20.4 Å². The van der Waals surface area contributed by atoms with Crippen molar-refractivity contribution in [1.29, 1.82) is 5.41 Å². The Hall–Kier alpha value is -3.91. The molecule has 0 radical (unpaired) electrons. The molecular formula is C29H29N5O6S2. The summed E-state index contributed by atoms with van der Waals surface area (Å²) >= 11 is 2.90. The van der Waals surface area contributed by atoms with Crippen LogP contribution in [-0.4, -0.2) is 66.6 Å². The van der Waals surface area contributed by atoms with Crippen molar-refractivity contribution in [2.24, 2.45) is 5.73 Å². The number of rotatable bonds is 7. The van der Waals surface area contributed by atoms with Gasteiger partial charge in [-0.1, -0.05) is 23.9 Å². The van der Waals surface area contributed by atoms with E-state index in [0.29, 0.717) is 30.1 Å². The maximum absolute atomic E-state index is 13.4. The van der Waals surface area contributed by atoms with Gasteiger partial charge in [0.1, 0.15) is 23.4 Å². The third kappa shape index (κ3) is 5.60. The SMILES string of the molecule is C[C@@H](NC(=O)C1CC2(CN1C(=O)CNC(=O)c1ccc3c(c1)Sc1ccccc1O3)OCCO2)c1cc(C(=N)N)cs1. The van der Waals surface area contributed by atoms with E-state index >= 15 is 0 Å². The van der Waals surface area contributed by atoms with Gasteiger partial charge in [-0.3, -0.25) is 19.8 Å². The molecule has 0 bridgehead atoms. The molecule has 4 heterocycles. The molecule has 2 aromatic carbocycles. The lowest BCUT2D eigenvalue weighted by molar-refractivity contribution is -0.152. The first-order chi connectivity index (χ1) is 20.2. The second-order valence-electron chi connectivity index (χ2n) is 10.2. The number of hydrogen-bond acceptors (Lipinski definition) is 9. The number of amides is 3. The van der Waals surface area contributed by atoms with Gasteiger partial charge in [-0.05, 0) is 43.3 Å². The zero-order valence-corrected chi connectivity index (χ0v) is 24.3. The number of nitrogen functional groups attached to an aromatic ring is 1. The highest BCUT2D eigenvalue weighted by atomic mass is 32.2. The molecule has 2 saturated heterocycles. The number of hydrogen-bond donors (Lipinski definition) is 4. The molecule has 13 heteroatoms. The summed E-state index contributed by atoms with van der Waals surface area (Å²) < 4.78 is 17.6. The predicted molar refractivity (Wildman–Crippen MR) is 156 cm³/mol. The van der Waals surface area contributed by atoms with E-state index in [1.807, 2.05) is 31.2 Å². The third-order valence-electron chi connectivity index (χ3n) is 7.34. The molecule has 2 fully saturated rings. The smallest absolute Gasteiger partial charge is 0.251 e. The standard InChI is InChI=1S/C29H29N5O6S2/c1-16(23-11-18(14-41-23)26(30)31)33-28(37)19-12-29(38-8-9-39-29)15-34(19)25(35)13-32-27(36)17-6-7-21-24(10-17)42-22-5-3-2-4-20(22)40-21/h2-7,10-11,14,16,19H,8-9,12-13,15H2,1H3,(H3,30,31)(H,32,36)(H,33,37)/t16-,19?/m1/s1. The predicted octanol–water partition coefficient (Wildman–Crippen LogP) is 3.24. The number of nitrogens with one attached hydrogen (secondary N) is 3. The Morgan fingerprint density at radius 3 is 2.62 bits per heavy atom. The Bertz CT molecular complexity index is 1570. The fraction of sp³-hybridized carbons (Fsp3) is 0.310. The van der Waals surface area contributed by atoms with Crippen LogP contribution in [0.4, 0.5) is 0 Å². The summed E-state index contributed by atoms with van der Waals surface area (Å²) in [5, 5.41) is 15.0. The zero-order valence-electron chi connectivity index (χ0n) is 22.7. The first-order valence-electron chi connectivity index (χ1n) is 13.4. The molecule has 3 aliphatic heterocycles. The first kappa shape index (κ1) is 28.2. The minimum absolute atomic E-state index is 0.0454. The number of thiophene rings is 1. The maximum Gasteiger partial charge on any atom is 0.251 e. The van der Waals surface area contributed by atoms with Gasteiger partial charge in [-0.25, -0.2) is 0 Å². The first-order valence-corrected chi connectivity index (χ1v) is 15.1. The molecule has 3 aliphatic rings. The minimum Gasteiger partial charge on any atom is -0.455 e. The normalized spacial score (nSPS) is 19.0. The number of nitrogens with two attached hydrogens (primary N) is 1. The molecule has 3 amide bonds. The fourth-order valence-corrected chi connectivity index (χ4v) is 7.08. The highest BCUT2D eigenvalue weighted by molar-refractivity contribution is 7.99. The fourth-order valence-electron chi connectivity index (χ4n) is 5.17. The van der Waals surface area contributed by atoms with Crippen molar-refractivity contribution in [3.8, 4) is 11.5 Å². The lowest BCUT2D eigenvalue weighted by Gasteiger charge is -2.25. The largest absolute Gasteiger partial charge is 0.455 e. The number of benzene rings is 2. The second kappa shape index (κ2) is 11.4. The molecule has 11 nitrogen and oxygen atoms in total. The summed E-state index contributed by atoms with van der Waals surface area (Å²) in [6, 6.07) is 13.3. The molecule has 42 heavy (non-hydrogen) atoms. The summed E-state index contributed by atoms with van der Waals surface area (Å²) in [6.45, 7) is 2.35. The van der Waals surface area contributed by atoms with Gasteiger partial charge < -0.3 is 35.5 Å². The van der Waals surface area contributed by atoms with Crippen LogP contribution in [0.5, 0.6) is 11.5 Å². The van der Waals surface area contributed by atoms with E-state index in [1.54, 1.807) is 29.6 Å². The van der Waals surface area contributed by atoms with E-state index < -0.39 is 23.6 Å². The topological polar surface area (TPSA) is 156 Å². The molecule has 2 atom stereocenters. The van der Waals surface area contributed by atoms with E-state index in [-0.39, 0.29) is 37.3 Å². The van der Waals surface area contributed by atoms with Crippen molar-refractivity contribution in [3.63, 3.8) is 0 Å². The Morgan fingerprint density at radius 2 is 1.86 bits per heavy atom. The van der Waals surface area contributed by atoms with Crippen molar-refractivity contribution in [3.05, 3.63) is 69.9 Å². The Balaban J connectivity index is 1.11. The number of likely N-dealkylation sites (tertiary alicyclic amines) is 1. The second-order valence-corrected chi connectivity index (χ2v) is 12.3. The van der Waals surface area contributed by atoms with E-state index in [1.165, 1.54) is 28.0 Å². The van der Waals surface area contributed by atoms with Crippen LogP contribution in [0, 0.1) is 5.41 Å². The van der Waals surface area contributed by atoms with E-state index in [4.69, 9.17) is 25.4 Å². The van der Waals surface area contributed by atoms with E-state index in [2.05, 4.69) is 10.6 Å². The molecule has 6 rings (SSSR count). The quantitative estimate of drug-likeness (QED) is 0.184. The van der Waals surface area contributed by atoms with Crippen LogP contribution < -0.4 is 21.1 Å². The summed E-state index contributed by atoms with van der Waals surface area (Å²) in [5.74, 6) is -0.872. The number of nitrogens with zero attached hydrogens (tertiary/aromatic N) is 1. The van der Waals surface area contributed by atoms with Gasteiger partial charge in [-0.15, -0.1) is 11.3 Å². The van der Waals surface area contributed by atoms with Crippen molar-refractivity contribution < 1.29 is 28.6 Å². The molecule has 1 spiro atoms. The van der Waals surface area contributed by atoms with Crippen LogP contribution in [-0.2, 0) is 19.1 Å². The Morgan fingerprint density at radius 1 is 1.10 bits per heavy atom. The molecule has 3 aromatic rings. The van der Waals surface area contributed by atoms with E-state index in [9.17, 15) is 14.4 Å². The van der Waals surface area contributed by atoms with Crippen molar-refractivity contribution in [2.45, 2.75) is 41.0 Å². The lowest BCUT2D eigenvalue weighted by Crippen LogP contribution is -2.49. The molecule has 0 aliphatic carbocycles. The van der Waals surface area contributed by atoms with Crippen molar-refractivity contribution >= 4 is 46.7 Å². The third-order valence-corrected chi connectivity index (χ3v) is 9.55. The van der Waals surface area contributed by atoms with Crippen LogP contribution in [0.3, 0.4) is 0 Å². The zero-order chi connectivity index (χ0) is 29.4. The summed E-state index contributed by atoms with van der Waals surface area (Å²) in [4.78, 5) is 43.9. The average molecular weight is 608 g/mol. The Labute approximate surface area is 250 Å². The van der Waals surface area contributed by atoms with Crippen LogP contribution in [0.2, 0.25) is 0 Å². The molecule has 218 valence electrons. The van der Waals surface area contributed by atoms with Crippen LogP contribution in [0.25, 0.3) is 0 Å². The van der Waals surface area contributed by atoms with Crippen molar-refractivity contribution in [1.82, 2.24) is 15.5 Å². The van der Waals surface area contributed by atoms with Crippen LogP contribution in [0.15, 0.2) is 63.7 Å². The summed E-state index contributed by atoms with van der Waals surface area (Å²) in [7, 11) is 0. The maximum atomic E-state index is 13.4. The molecule has 1 unspecified atom stereocenters. The van der Waals surface area contributed by atoms with Crippen molar-refractivity contribution in [2.75, 3.05) is 26.3 Å². The van der Waals surface area contributed by atoms with Gasteiger partial charge in [-0.2, -0.15) is 0 Å². The van der Waals surface area contributed by atoms with Gasteiger partial charge in [0, 0.05) is 27.8 Å². The highest BCUT2D eigenvalue weighted by Gasteiger charge is 2.52. The molecule has 5 N–H and O–H groups in total. The van der Waals surface area contributed by atoms with Crippen LogP contribution in [0.1, 0.15) is 40.2 Å². The molecule has 1 aromatic heterocycles. The summed E-state index contributed by atoms with van der Waals surface area (Å²) in [5.41, 5.74) is 6.55. The highest BCUT2D eigenvalue weighted by Crippen LogP contribution is 2.47. The number of amidine groups is 1. The number of carbonyl (C=O) groups is 3. The van der Waals surface area contributed by atoms with Crippen LogP contribution >= 0.6 is 23.1 Å². The van der Waals surface area contributed by atoms with Gasteiger partial charge in [0.05, 0.1) is 42.1 Å². The number of ether oxygens (including phenoxy) is 3. The van der Waals surface area contributed by atoms with Gasteiger partial charge in [0.25, 0.3) is 5.91 Å². The Kier molecular flexibility index (Phi) is 7.66. The minimum atomic E-state index is -1.05. The summed E-state index contributed by atoms with van der Waals surface area (Å²) in [6.07, 6.45) is 0.178. The lowest BCUT2D eigenvalue weighted by atomic mass is 10.1. The van der Waals surface area contributed by atoms with Gasteiger partial charge in [0.15, 0.2) is 5.79 Å². The number of fused-ring (bicyclic) bond motifs is 2. The molecule has 0 saturated carbocycles.